The molecule has 0 aliphatic carbocycles. The van der Waals surface area contributed by atoms with Gasteiger partial charge in [-0.1, -0.05) is 49.0 Å². The highest BCUT2D eigenvalue weighted by molar-refractivity contribution is 9.09. The van der Waals surface area contributed by atoms with Crippen molar-refractivity contribution in [1.82, 2.24) is 0 Å². The molecule has 1 unspecified atom stereocenters. The average Bonchev–Trinajstić information content (AvgIpc) is 1.99. The zero-order valence-corrected chi connectivity index (χ0v) is 9.54. The lowest BCUT2D eigenvalue weighted by atomic mass is 10.2. The molecular formula is C9H15BrS. The van der Waals surface area contributed by atoms with E-state index in [9.17, 15) is 0 Å². The van der Waals surface area contributed by atoms with E-state index in [4.69, 9.17) is 0 Å². The van der Waals surface area contributed by atoms with Gasteiger partial charge >= 0.3 is 0 Å². The van der Waals surface area contributed by atoms with Crippen LogP contribution in [0.3, 0.4) is 0 Å². The highest BCUT2D eigenvalue weighted by Crippen LogP contribution is 2.22. The van der Waals surface area contributed by atoms with Gasteiger partial charge in [-0.3, -0.25) is 0 Å². The number of thioether (sulfide) groups is 1. The molecule has 0 aromatic rings. The molecule has 64 valence electrons. The molecule has 0 fully saturated rings. The van der Waals surface area contributed by atoms with Gasteiger partial charge in [0.15, 0.2) is 0 Å². The highest BCUT2D eigenvalue weighted by Gasteiger charge is 2.08. The maximum absolute atomic E-state index is 3.83. The molecule has 2 heteroatoms. The van der Waals surface area contributed by atoms with E-state index in [0.717, 1.165) is 10.7 Å². The van der Waals surface area contributed by atoms with Gasteiger partial charge in [-0.2, -0.15) is 0 Å². The van der Waals surface area contributed by atoms with Gasteiger partial charge in [-0.05, 0) is 10.8 Å². The Morgan fingerprint density at radius 3 is 2.55 bits per heavy atom. The predicted octanol–water partition coefficient (Wildman–Crippen LogP) is 3.84. The van der Waals surface area contributed by atoms with E-state index in [-0.39, 0.29) is 0 Å². The van der Waals surface area contributed by atoms with Gasteiger partial charge in [0.1, 0.15) is 0 Å². The van der Waals surface area contributed by atoms with Gasteiger partial charge in [0, 0.05) is 10.6 Å². The summed E-state index contributed by atoms with van der Waals surface area (Å²) in [5, 5.41) is 0. The molecule has 0 heterocycles. The summed E-state index contributed by atoms with van der Waals surface area (Å²) in [6, 6.07) is 0. The van der Waals surface area contributed by atoms with E-state index < -0.39 is 0 Å². The topological polar surface area (TPSA) is 0 Å². The second-order valence-corrected chi connectivity index (χ2v) is 5.06. The van der Waals surface area contributed by atoms with Crippen molar-refractivity contribution in [2.24, 2.45) is 5.92 Å². The molecule has 0 saturated heterocycles. The summed E-state index contributed by atoms with van der Waals surface area (Å²) in [7, 11) is 0. The van der Waals surface area contributed by atoms with Crippen LogP contribution in [0.2, 0.25) is 0 Å². The molecular weight excluding hydrogens is 220 g/mol. The van der Waals surface area contributed by atoms with E-state index in [0.29, 0.717) is 10.7 Å². The number of alkyl halides is 1. The first-order chi connectivity index (χ1) is 5.07. The van der Waals surface area contributed by atoms with E-state index >= 15 is 0 Å². The lowest BCUT2D eigenvalue weighted by Gasteiger charge is -2.12. The summed E-state index contributed by atoms with van der Waals surface area (Å²) >= 11 is 5.36. The summed E-state index contributed by atoms with van der Waals surface area (Å²) in [5.41, 5.74) is 0. The minimum Gasteiger partial charge on any atom is -0.126 e. The summed E-state index contributed by atoms with van der Waals surface area (Å²) in [6.45, 7) is 11.9. The van der Waals surface area contributed by atoms with Crippen molar-refractivity contribution >= 4 is 27.7 Å². The van der Waals surface area contributed by atoms with E-state index in [1.807, 2.05) is 0 Å². The molecule has 0 amide bonds. The van der Waals surface area contributed by atoms with E-state index in [1.165, 1.54) is 0 Å². The standard InChI is InChI=1S/C9H15BrS/c1-5-8(4)11-6-9(10)7(2)3/h5,7,9H,1,4,6H2,2-3H3. The van der Waals surface area contributed by atoms with Crippen LogP contribution in [0.5, 0.6) is 0 Å². The van der Waals surface area contributed by atoms with Crippen molar-refractivity contribution in [1.29, 1.82) is 0 Å². The van der Waals surface area contributed by atoms with Crippen molar-refractivity contribution < 1.29 is 0 Å². The summed E-state index contributed by atoms with van der Waals surface area (Å²) in [6.07, 6.45) is 1.80. The Bertz CT molecular complexity index is 140. The summed E-state index contributed by atoms with van der Waals surface area (Å²) in [5.74, 6) is 1.75. The van der Waals surface area contributed by atoms with E-state index in [1.54, 1.807) is 17.8 Å². The highest BCUT2D eigenvalue weighted by atomic mass is 79.9. The van der Waals surface area contributed by atoms with Gasteiger partial charge in [-0.15, -0.1) is 11.8 Å². The Labute approximate surface area is 82.3 Å². The second kappa shape index (κ2) is 5.90. The minimum absolute atomic E-state index is 0.573. The molecule has 0 rings (SSSR count). The van der Waals surface area contributed by atoms with Gasteiger partial charge in [0.2, 0.25) is 0 Å². The van der Waals surface area contributed by atoms with Crippen LogP contribution in [-0.2, 0) is 0 Å². The first-order valence-corrected chi connectivity index (χ1v) is 5.56. The normalized spacial score (nSPS) is 13.1. The van der Waals surface area contributed by atoms with Crippen molar-refractivity contribution in [2.45, 2.75) is 18.7 Å². The van der Waals surface area contributed by atoms with E-state index in [2.05, 4.69) is 42.9 Å². The first-order valence-electron chi connectivity index (χ1n) is 3.66. The van der Waals surface area contributed by atoms with Gasteiger partial charge in [0.25, 0.3) is 0 Å². The second-order valence-electron chi connectivity index (χ2n) is 2.74. The fourth-order valence-corrected chi connectivity index (χ4v) is 1.71. The quantitative estimate of drug-likeness (QED) is 0.515. The molecule has 0 aliphatic rings. The van der Waals surface area contributed by atoms with Crippen LogP contribution in [-0.4, -0.2) is 10.6 Å². The number of rotatable bonds is 5. The zero-order chi connectivity index (χ0) is 8.85. The fourth-order valence-electron chi connectivity index (χ4n) is 0.438. The van der Waals surface area contributed by atoms with Crippen LogP contribution < -0.4 is 0 Å². The van der Waals surface area contributed by atoms with Crippen LogP contribution >= 0.6 is 27.7 Å². The molecule has 1 atom stereocenters. The molecule has 0 aromatic heterocycles. The Kier molecular flexibility index (Phi) is 6.06. The lowest BCUT2D eigenvalue weighted by Crippen LogP contribution is -2.09. The fraction of sp³-hybridized carbons (Fsp3) is 0.556. The molecule has 0 saturated carbocycles. The Morgan fingerprint density at radius 2 is 2.18 bits per heavy atom. The number of hydrogen-bond acceptors (Lipinski definition) is 1. The molecule has 0 spiro atoms. The number of allylic oxidation sites excluding steroid dienone is 1. The third kappa shape index (κ3) is 5.57. The largest absolute Gasteiger partial charge is 0.126 e. The van der Waals surface area contributed by atoms with Crippen LogP contribution in [0.15, 0.2) is 24.1 Å². The number of hydrogen-bond donors (Lipinski definition) is 0. The van der Waals surface area contributed by atoms with Gasteiger partial charge in [-0.25, -0.2) is 0 Å². The Balaban J connectivity index is 3.53. The van der Waals surface area contributed by atoms with Crippen molar-refractivity contribution in [3.8, 4) is 0 Å². The summed E-state index contributed by atoms with van der Waals surface area (Å²) in [4.78, 5) is 1.62. The lowest BCUT2D eigenvalue weighted by molar-refractivity contribution is 0.657. The van der Waals surface area contributed by atoms with Gasteiger partial charge < -0.3 is 0 Å². The van der Waals surface area contributed by atoms with Gasteiger partial charge in [0.05, 0.1) is 0 Å². The van der Waals surface area contributed by atoms with Crippen molar-refractivity contribution in [3.63, 3.8) is 0 Å². The molecule has 0 aliphatic heterocycles. The maximum atomic E-state index is 3.83. The van der Waals surface area contributed by atoms with Crippen molar-refractivity contribution in [2.75, 3.05) is 5.75 Å². The monoisotopic (exact) mass is 234 g/mol. The van der Waals surface area contributed by atoms with Crippen LogP contribution in [0, 0.1) is 5.92 Å². The Hall–Kier alpha value is 0.310. The predicted molar refractivity (Wildman–Crippen MR) is 59.3 cm³/mol. The molecule has 0 radical (unpaired) electrons. The molecule has 0 aromatic carbocycles. The van der Waals surface area contributed by atoms with Crippen LogP contribution in [0.25, 0.3) is 0 Å². The average molecular weight is 235 g/mol. The molecule has 0 N–H and O–H groups in total. The SMILES string of the molecule is C=CC(=C)SCC(Br)C(C)C. The smallest absolute Gasteiger partial charge is 0.0262 e. The maximum Gasteiger partial charge on any atom is 0.0262 e. The summed E-state index contributed by atoms with van der Waals surface area (Å²) < 4.78 is 0. The van der Waals surface area contributed by atoms with Crippen LogP contribution in [0.4, 0.5) is 0 Å². The minimum atomic E-state index is 0.573. The van der Waals surface area contributed by atoms with Crippen molar-refractivity contribution in [3.05, 3.63) is 24.1 Å². The third-order valence-electron chi connectivity index (χ3n) is 1.38. The number of halogens is 1. The van der Waals surface area contributed by atoms with Crippen LogP contribution in [0.1, 0.15) is 13.8 Å². The third-order valence-corrected chi connectivity index (χ3v) is 4.25. The molecule has 11 heavy (non-hydrogen) atoms. The first kappa shape index (κ1) is 11.3. The zero-order valence-electron chi connectivity index (χ0n) is 7.14. The molecule has 0 nitrogen and oxygen atoms in total. The molecule has 0 bridgehead atoms. The Morgan fingerprint density at radius 1 is 1.64 bits per heavy atom.